The smallest absolute Gasteiger partial charge is 0.339 e. The molecule has 0 aliphatic carbocycles. The Hall–Kier alpha value is -3.67. The van der Waals surface area contributed by atoms with Crippen LogP contribution < -0.4 is 5.32 Å². The average Bonchev–Trinajstić information content (AvgIpc) is 3.04. The molecule has 0 spiro atoms. The van der Waals surface area contributed by atoms with Crippen LogP contribution in [0.15, 0.2) is 54.6 Å². The molecule has 0 saturated carbocycles. The van der Waals surface area contributed by atoms with Gasteiger partial charge in [0.25, 0.3) is 0 Å². The molecular weight excluding hydrogens is 368 g/mol. The number of carbonyl (C=O) groups is 3. The lowest BCUT2D eigenvalue weighted by atomic mass is 10.0. The molecule has 0 fully saturated rings. The number of nitrogens with one attached hydrogen (secondary N) is 2. The van der Waals surface area contributed by atoms with E-state index in [4.69, 9.17) is 4.74 Å². The highest BCUT2D eigenvalue weighted by Gasteiger charge is 2.24. The van der Waals surface area contributed by atoms with Gasteiger partial charge in [-0.3, -0.25) is 9.59 Å². The Labute approximate surface area is 168 Å². The van der Waals surface area contributed by atoms with Crippen molar-refractivity contribution in [1.82, 2.24) is 4.98 Å². The van der Waals surface area contributed by atoms with E-state index < -0.39 is 5.97 Å². The zero-order chi connectivity index (χ0) is 21.0. The van der Waals surface area contributed by atoms with Gasteiger partial charge in [0.15, 0.2) is 5.78 Å². The van der Waals surface area contributed by atoms with E-state index in [0.29, 0.717) is 22.6 Å². The first kappa shape index (κ1) is 20.1. The van der Waals surface area contributed by atoms with Crippen molar-refractivity contribution in [3.8, 4) is 11.1 Å². The summed E-state index contributed by atoms with van der Waals surface area (Å²) in [5, 5.41) is 2.90. The number of ether oxygens (including phenoxy) is 1. The molecule has 0 radical (unpaired) electrons. The zero-order valence-corrected chi connectivity index (χ0v) is 16.5. The van der Waals surface area contributed by atoms with Crippen molar-refractivity contribution in [2.75, 3.05) is 12.4 Å². The monoisotopic (exact) mass is 390 g/mol. The highest BCUT2D eigenvalue weighted by atomic mass is 16.5. The van der Waals surface area contributed by atoms with E-state index in [-0.39, 0.29) is 23.7 Å². The second-order valence-corrected chi connectivity index (χ2v) is 6.66. The van der Waals surface area contributed by atoms with E-state index in [9.17, 15) is 14.4 Å². The van der Waals surface area contributed by atoms with Gasteiger partial charge in [0.05, 0.1) is 24.8 Å². The Kier molecular flexibility index (Phi) is 5.93. The first-order chi connectivity index (χ1) is 13.9. The fourth-order valence-electron chi connectivity index (χ4n) is 3.34. The predicted molar refractivity (Wildman–Crippen MR) is 111 cm³/mol. The molecule has 6 nitrogen and oxygen atoms in total. The molecule has 0 unspecified atom stereocenters. The van der Waals surface area contributed by atoms with Gasteiger partial charge in [-0.05, 0) is 24.1 Å². The van der Waals surface area contributed by atoms with Crippen molar-refractivity contribution >= 4 is 23.3 Å². The first-order valence-corrected chi connectivity index (χ1v) is 9.17. The van der Waals surface area contributed by atoms with E-state index in [1.54, 1.807) is 6.92 Å². The molecule has 0 aliphatic rings. The SMILES string of the molecule is COC(=O)c1c(CC(=O)Nc2ccccc2-c2ccccc2)[nH]c(C(C)=O)c1C. The zero-order valence-electron chi connectivity index (χ0n) is 16.5. The maximum absolute atomic E-state index is 12.8. The Balaban J connectivity index is 1.89. The molecule has 1 heterocycles. The summed E-state index contributed by atoms with van der Waals surface area (Å²) in [6, 6.07) is 17.2. The van der Waals surface area contributed by atoms with Crippen molar-refractivity contribution in [2.45, 2.75) is 20.3 Å². The molecule has 0 saturated heterocycles. The number of esters is 1. The number of rotatable bonds is 6. The van der Waals surface area contributed by atoms with E-state index in [1.165, 1.54) is 14.0 Å². The molecule has 3 rings (SSSR count). The minimum Gasteiger partial charge on any atom is -0.465 e. The number of benzene rings is 2. The lowest BCUT2D eigenvalue weighted by molar-refractivity contribution is -0.115. The number of para-hydroxylation sites is 1. The number of methoxy groups -OCH3 is 1. The lowest BCUT2D eigenvalue weighted by Crippen LogP contribution is -2.17. The van der Waals surface area contributed by atoms with Gasteiger partial charge < -0.3 is 15.0 Å². The molecular formula is C23H22N2O4. The minimum atomic E-state index is -0.585. The summed E-state index contributed by atoms with van der Waals surface area (Å²) in [6.45, 7) is 3.06. The highest BCUT2D eigenvalue weighted by Crippen LogP contribution is 2.28. The summed E-state index contributed by atoms with van der Waals surface area (Å²) in [5.41, 5.74) is 3.90. The molecule has 1 aromatic heterocycles. The Morgan fingerprint density at radius 3 is 2.31 bits per heavy atom. The molecule has 29 heavy (non-hydrogen) atoms. The maximum Gasteiger partial charge on any atom is 0.339 e. The van der Waals surface area contributed by atoms with Crippen LogP contribution in [0.3, 0.4) is 0 Å². The Bertz CT molecular complexity index is 1070. The summed E-state index contributed by atoms with van der Waals surface area (Å²) < 4.78 is 4.83. The van der Waals surface area contributed by atoms with E-state index in [2.05, 4.69) is 10.3 Å². The van der Waals surface area contributed by atoms with Crippen LogP contribution in [0.4, 0.5) is 5.69 Å². The van der Waals surface area contributed by atoms with Gasteiger partial charge >= 0.3 is 5.97 Å². The fourth-order valence-corrected chi connectivity index (χ4v) is 3.34. The van der Waals surface area contributed by atoms with Gasteiger partial charge in [0.2, 0.25) is 5.91 Å². The second kappa shape index (κ2) is 8.56. The first-order valence-electron chi connectivity index (χ1n) is 9.17. The quantitative estimate of drug-likeness (QED) is 0.489. The van der Waals surface area contributed by atoms with E-state index >= 15 is 0 Å². The molecule has 2 aromatic carbocycles. The summed E-state index contributed by atoms with van der Waals surface area (Å²) in [4.78, 5) is 39.7. The third-order valence-electron chi connectivity index (χ3n) is 4.69. The van der Waals surface area contributed by atoms with Gasteiger partial charge in [-0.2, -0.15) is 0 Å². The van der Waals surface area contributed by atoms with Gasteiger partial charge in [-0.25, -0.2) is 4.79 Å². The van der Waals surface area contributed by atoms with Crippen molar-refractivity contribution in [3.63, 3.8) is 0 Å². The van der Waals surface area contributed by atoms with Gasteiger partial charge in [-0.1, -0.05) is 48.5 Å². The Morgan fingerprint density at radius 2 is 1.66 bits per heavy atom. The third-order valence-corrected chi connectivity index (χ3v) is 4.69. The van der Waals surface area contributed by atoms with Crippen LogP contribution in [-0.4, -0.2) is 29.8 Å². The van der Waals surface area contributed by atoms with Crippen LogP contribution in [-0.2, 0) is 16.0 Å². The number of ketones is 1. The largest absolute Gasteiger partial charge is 0.465 e. The molecule has 0 aliphatic heterocycles. The summed E-state index contributed by atoms with van der Waals surface area (Å²) >= 11 is 0. The molecule has 6 heteroatoms. The average molecular weight is 390 g/mol. The van der Waals surface area contributed by atoms with Gasteiger partial charge in [-0.15, -0.1) is 0 Å². The summed E-state index contributed by atoms with van der Waals surface area (Å²) in [5.74, 6) is -1.11. The van der Waals surface area contributed by atoms with Crippen LogP contribution in [0, 0.1) is 6.92 Å². The Morgan fingerprint density at radius 1 is 1.00 bits per heavy atom. The van der Waals surface area contributed by atoms with Crippen LogP contribution >= 0.6 is 0 Å². The van der Waals surface area contributed by atoms with Crippen molar-refractivity contribution in [1.29, 1.82) is 0 Å². The van der Waals surface area contributed by atoms with Crippen LogP contribution in [0.25, 0.3) is 11.1 Å². The van der Waals surface area contributed by atoms with Crippen molar-refractivity contribution in [3.05, 3.63) is 77.1 Å². The number of hydrogen-bond donors (Lipinski definition) is 2. The predicted octanol–water partition coefficient (Wildman–Crippen LogP) is 4.16. The van der Waals surface area contributed by atoms with Gasteiger partial charge in [0.1, 0.15) is 0 Å². The standard InChI is InChI=1S/C23H22N2O4/c1-14-21(23(28)29-3)19(25-22(14)15(2)26)13-20(27)24-18-12-8-7-11-17(18)16-9-5-4-6-10-16/h4-12,25H,13H2,1-3H3,(H,24,27). The van der Waals surface area contributed by atoms with E-state index in [1.807, 2.05) is 54.6 Å². The number of Topliss-reactive ketones (excluding diaryl/α,β-unsaturated/α-hetero) is 1. The van der Waals surface area contributed by atoms with Gasteiger partial charge in [0, 0.05) is 23.9 Å². The summed E-state index contributed by atoms with van der Waals surface area (Å²) in [7, 11) is 1.27. The van der Waals surface area contributed by atoms with Crippen molar-refractivity contribution in [2.24, 2.45) is 0 Å². The minimum absolute atomic E-state index is 0.0956. The van der Waals surface area contributed by atoms with Crippen LogP contribution in [0.2, 0.25) is 0 Å². The normalized spacial score (nSPS) is 10.4. The number of aromatic amines is 1. The molecule has 148 valence electrons. The topological polar surface area (TPSA) is 88.3 Å². The number of anilines is 1. The molecule has 0 atom stereocenters. The van der Waals surface area contributed by atoms with Crippen LogP contribution in [0.5, 0.6) is 0 Å². The number of hydrogen-bond acceptors (Lipinski definition) is 4. The second-order valence-electron chi connectivity index (χ2n) is 6.66. The van der Waals surface area contributed by atoms with Crippen molar-refractivity contribution < 1.29 is 19.1 Å². The molecule has 2 N–H and O–H groups in total. The number of amides is 1. The highest BCUT2D eigenvalue weighted by molar-refractivity contribution is 6.03. The number of aromatic nitrogens is 1. The van der Waals surface area contributed by atoms with E-state index in [0.717, 1.165) is 11.1 Å². The molecule has 1 amide bonds. The summed E-state index contributed by atoms with van der Waals surface area (Å²) in [6.07, 6.45) is -0.0956. The number of carbonyl (C=O) groups excluding carboxylic acids is 3. The number of H-pyrrole nitrogens is 1. The molecule has 3 aromatic rings. The maximum atomic E-state index is 12.8. The fraction of sp³-hybridized carbons (Fsp3) is 0.174. The molecule has 0 bridgehead atoms. The van der Waals surface area contributed by atoms with Crippen LogP contribution in [0.1, 0.15) is 39.0 Å². The third kappa shape index (κ3) is 4.27. The lowest BCUT2D eigenvalue weighted by Gasteiger charge is -2.11.